The van der Waals surface area contributed by atoms with E-state index in [0.29, 0.717) is 19.4 Å². The Balaban J connectivity index is 1.35. The van der Waals surface area contributed by atoms with Gasteiger partial charge in [-0.3, -0.25) is 9.59 Å². The summed E-state index contributed by atoms with van der Waals surface area (Å²) in [5.41, 5.74) is 3.76. The fourth-order valence-electron chi connectivity index (χ4n) is 4.13. The minimum atomic E-state index is -0.0947. The Labute approximate surface area is 197 Å². The first-order valence-corrected chi connectivity index (χ1v) is 13.2. The number of hydrogen-bond acceptors (Lipinski definition) is 4. The fourth-order valence-corrected chi connectivity index (χ4v) is 5.25. The third-order valence-corrected chi connectivity index (χ3v) is 7.18. The molecule has 0 saturated carbocycles. The molecule has 2 aromatic rings. The molecule has 0 bridgehead atoms. The third-order valence-electron chi connectivity index (χ3n) is 6.07. The summed E-state index contributed by atoms with van der Waals surface area (Å²) < 4.78 is 5.45. The molecular formula is C28H36O3S. The lowest BCUT2D eigenvalue weighted by molar-refractivity contribution is -0.143. The third kappa shape index (κ3) is 7.51. The number of esters is 1. The molecule has 4 heteroatoms. The van der Waals surface area contributed by atoms with Crippen LogP contribution in [0.5, 0.6) is 0 Å². The van der Waals surface area contributed by atoms with Gasteiger partial charge in [-0.2, -0.15) is 0 Å². The molecule has 172 valence electrons. The molecule has 0 aromatic heterocycles. The topological polar surface area (TPSA) is 43.4 Å². The second kappa shape index (κ2) is 13.5. The van der Waals surface area contributed by atoms with Gasteiger partial charge < -0.3 is 4.74 Å². The minimum absolute atomic E-state index is 0.0947. The van der Waals surface area contributed by atoms with Crippen molar-refractivity contribution in [2.75, 3.05) is 6.61 Å². The standard InChI is InChI=1S/C28H36O3S/c1-2-3-4-5-6-7-8-9-10-15-27(29)31-19-18-22-16-17-25-26(20-22)32-21-23-13-11-12-14-24(23)28(25)30/h11-14,16-17,20H,2-10,15,18-19,21H2,1H3. The number of thioether (sulfide) groups is 1. The van der Waals surface area contributed by atoms with Crippen LogP contribution in [0.3, 0.4) is 0 Å². The van der Waals surface area contributed by atoms with Crippen molar-refractivity contribution in [3.8, 4) is 0 Å². The first-order valence-electron chi connectivity index (χ1n) is 12.2. The second-order valence-electron chi connectivity index (χ2n) is 8.65. The number of unbranched alkanes of at least 4 members (excludes halogenated alkanes) is 8. The Morgan fingerprint density at radius 3 is 2.41 bits per heavy atom. The van der Waals surface area contributed by atoms with Crippen LogP contribution in [0.1, 0.15) is 98.2 Å². The SMILES string of the molecule is CCCCCCCCCCCC(=O)OCCc1ccc2c(c1)SCc1ccccc1C2=O. The molecule has 0 aliphatic carbocycles. The predicted octanol–water partition coefficient (Wildman–Crippen LogP) is 7.53. The van der Waals surface area contributed by atoms with E-state index in [9.17, 15) is 9.59 Å². The van der Waals surface area contributed by atoms with Crippen molar-refractivity contribution in [3.63, 3.8) is 0 Å². The van der Waals surface area contributed by atoms with E-state index >= 15 is 0 Å². The first-order chi connectivity index (χ1) is 15.7. The number of rotatable bonds is 13. The van der Waals surface area contributed by atoms with E-state index < -0.39 is 0 Å². The van der Waals surface area contributed by atoms with Gasteiger partial charge in [-0.25, -0.2) is 0 Å². The number of fused-ring (bicyclic) bond motifs is 2. The van der Waals surface area contributed by atoms with Gasteiger partial charge in [0.2, 0.25) is 0 Å². The Bertz CT molecular complexity index is 890. The summed E-state index contributed by atoms with van der Waals surface area (Å²) >= 11 is 1.70. The van der Waals surface area contributed by atoms with Crippen LogP contribution in [-0.4, -0.2) is 18.4 Å². The monoisotopic (exact) mass is 452 g/mol. The summed E-state index contributed by atoms with van der Waals surface area (Å²) in [7, 11) is 0. The van der Waals surface area contributed by atoms with E-state index in [-0.39, 0.29) is 11.8 Å². The predicted molar refractivity (Wildman–Crippen MR) is 132 cm³/mol. The first kappa shape index (κ1) is 24.6. The highest BCUT2D eigenvalue weighted by Gasteiger charge is 2.21. The van der Waals surface area contributed by atoms with Gasteiger partial charge in [-0.1, -0.05) is 88.6 Å². The molecular weight excluding hydrogens is 416 g/mol. The van der Waals surface area contributed by atoms with Crippen molar-refractivity contribution >= 4 is 23.5 Å². The Kier molecular flexibility index (Phi) is 10.3. The number of carbonyl (C=O) groups is 2. The van der Waals surface area contributed by atoms with E-state index in [1.54, 1.807) is 11.8 Å². The highest BCUT2D eigenvalue weighted by atomic mass is 32.2. The molecule has 0 atom stereocenters. The van der Waals surface area contributed by atoms with Gasteiger partial charge in [0.15, 0.2) is 5.78 Å². The molecule has 0 unspecified atom stereocenters. The van der Waals surface area contributed by atoms with Crippen molar-refractivity contribution in [3.05, 3.63) is 64.7 Å². The molecule has 3 rings (SSSR count). The molecule has 0 radical (unpaired) electrons. The van der Waals surface area contributed by atoms with Crippen molar-refractivity contribution in [1.29, 1.82) is 0 Å². The van der Waals surface area contributed by atoms with E-state index in [2.05, 4.69) is 13.0 Å². The lowest BCUT2D eigenvalue weighted by atomic mass is 9.98. The summed E-state index contributed by atoms with van der Waals surface area (Å²) in [5.74, 6) is 0.800. The molecule has 1 aliphatic heterocycles. The largest absolute Gasteiger partial charge is 0.465 e. The lowest BCUT2D eigenvalue weighted by Crippen LogP contribution is -2.08. The van der Waals surface area contributed by atoms with Crippen molar-refractivity contribution in [1.82, 2.24) is 0 Å². The zero-order valence-electron chi connectivity index (χ0n) is 19.4. The molecule has 3 nitrogen and oxygen atoms in total. The maximum Gasteiger partial charge on any atom is 0.305 e. The van der Waals surface area contributed by atoms with Gasteiger partial charge in [0, 0.05) is 34.6 Å². The molecule has 0 N–H and O–H groups in total. The van der Waals surface area contributed by atoms with E-state index in [4.69, 9.17) is 4.74 Å². The number of carbonyl (C=O) groups excluding carboxylic acids is 2. The Hall–Kier alpha value is -2.07. The highest BCUT2D eigenvalue weighted by molar-refractivity contribution is 7.98. The summed E-state index contributed by atoms with van der Waals surface area (Å²) in [6.45, 7) is 2.64. The van der Waals surface area contributed by atoms with Gasteiger partial charge in [0.05, 0.1) is 6.61 Å². The molecule has 32 heavy (non-hydrogen) atoms. The molecule has 1 heterocycles. The number of ether oxygens (including phenoxy) is 1. The normalized spacial score (nSPS) is 12.7. The minimum Gasteiger partial charge on any atom is -0.465 e. The van der Waals surface area contributed by atoms with Gasteiger partial charge in [0.1, 0.15) is 0 Å². The quantitative estimate of drug-likeness (QED) is 0.233. The average Bonchev–Trinajstić information content (AvgIpc) is 2.95. The van der Waals surface area contributed by atoms with E-state index in [0.717, 1.165) is 45.7 Å². The van der Waals surface area contributed by atoms with Crippen LogP contribution in [0.25, 0.3) is 0 Å². The number of hydrogen-bond donors (Lipinski definition) is 0. The summed E-state index contributed by atoms with van der Waals surface area (Å²) in [6, 6.07) is 13.8. The van der Waals surface area contributed by atoms with Crippen LogP contribution >= 0.6 is 11.8 Å². The number of ketones is 1. The van der Waals surface area contributed by atoms with E-state index in [1.165, 1.54) is 44.9 Å². The lowest BCUT2D eigenvalue weighted by Gasteiger charge is -2.09. The van der Waals surface area contributed by atoms with Crippen LogP contribution in [0.4, 0.5) is 0 Å². The van der Waals surface area contributed by atoms with Gasteiger partial charge in [-0.15, -0.1) is 11.8 Å². The van der Waals surface area contributed by atoms with E-state index in [1.807, 2.05) is 36.4 Å². The number of benzene rings is 2. The summed E-state index contributed by atoms with van der Waals surface area (Å²) in [4.78, 5) is 25.9. The smallest absolute Gasteiger partial charge is 0.305 e. The van der Waals surface area contributed by atoms with Crippen LogP contribution in [0.2, 0.25) is 0 Å². The molecule has 0 amide bonds. The molecule has 1 aliphatic rings. The van der Waals surface area contributed by atoms with Gasteiger partial charge in [-0.05, 0) is 29.7 Å². The molecule has 0 saturated heterocycles. The Morgan fingerprint density at radius 2 is 1.62 bits per heavy atom. The van der Waals surface area contributed by atoms with Crippen LogP contribution < -0.4 is 0 Å². The average molecular weight is 453 g/mol. The van der Waals surface area contributed by atoms with Crippen LogP contribution in [0, 0.1) is 0 Å². The van der Waals surface area contributed by atoms with Crippen molar-refractivity contribution < 1.29 is 14.3 Å². The Morgan fingerprint density at radius 1 is 0.906 bits per heavy atom. The highest BCUT2D eigenvalue weighted by Crippen LogP contribution is 2.34. The van der Waals surface area contributed by atoms with Crippen molar-refractivity contribution in [2.24, 2.45) is 0 Å². The van der Waals surface area contributed by atoms with Gasteiger partial charge >= 0.3 is 5.97 Å². The van der Waals surface area contributed by atoms with Gasteiger partial charge in [0.25, 0.3) is 0 Å². The molecule has 0 spiro atoms. The van der Waals surface area contributed by atoms with Crippen molar-refractivity contribution in [2.45, 2.75) is 88.2 Å². The molecule has 0 fully saturated rings. The zero-order chi connectivity index (χ0) is 22.6. The zero-order valence-corrected chi connectivity index (χ0v) is 20.2. The summed E-state index contributed by atoms with van der Waals surface area (Å²) in [5, 5.41) is 0. The summed E-state index contributed by atoms with van der Waals surface area (Å²) in [6.07, 6.45) is 12.4. The second-order valence-corrected chi connectivity index (χ2v) is 9.67. The van der Waals surface area contributed by atoms with Crippen LogP contribution in [-0.2, 0) is 21.7 Å². The van der Waals surface area contributed by atoms with Crippen LogP contribution in [0.15, 0.2) is 47.4 Å². The molecule has 2 aromatic carbocycles. The maximum absolute atomic E-state index is 12.9. The maximum atomic E-state index is 12.9. The fraction of sp³-hybridized carbons (Fsp3) is 0.500.